The van der Waals surface area contributed by atoms with Crippen molar-refractivity contribution < 1.29 is 18.3 Å². The summed E-state index contributed by atoms with van der Waals surface area (Å²) in [7, 11) is -3.13. The topological polar surface area (TPSA) is 74.7 Å². The highest BCUT2D eigenvalue weighted by atomic mass is 32.2. The SMILES string of the molecule is CCCCS(=O)(=O)N1CCCC(CCC(=O)O)C1. The first-order chi connectivity index (χ1) is 8.45. The lowest BCUT2D eigenvalue weighted by atomic mass is 9.95. The molecule has 1 N–H and O–H groups in total. The number of nitrogens with zero attached hydrogens (tertiary/aromatic N) is 1. The van der Waals surface area contributed by atoms with Crippen LogP contribution in [0.5, 0.6) is 0 Å². The molecule has 106 valence electrons. The van der Waals surface area contributed by atoms with Gasteiger partial charge in [0.25, 0.3) is 0 Å². The van der Waals surface area contributed by atoms with Gasteiger partial charge in [0.15, 0.2) is 0 Å². The van der Waals surface area contributed by atoms with Gasteiger partial charge >= 0.3 is 5.97 Å². The molecule has 0 aliphatic carbocycles. The van der Waals surface area contributed by atoms with Gasteiger partial charge in [-0.3, -0.25) is 4.79 Å². The zero-order chi connectivity index (χ0) is 13.6. The second-order valence-corrected chi connectivity index (χ2v) is 7.06. The van der Waals surface area contributed by atoms with Crippen LogP contribution in [0, 0.1) is 5.92 Å². The molecule has 0 spiro atoms. The maximum absolute atomic E-state index is 12.0. The van der Waals surface area contributed by atoms with Crippen molar-refractivity contribution in [3.63, 3.8) is 0 Å². The average molecular weight is 277 g/mol. The second kappa shape index (κ2) is 7.09. The fourth-order valence-corrected chi connectivity index (χ4v) is 4.06. The van der Waals surface area contributed by atoms with E-state index in [9.17, 15) is 13.2 Å². The summed E-state index contributed by atoms with van der Waals surface area (Å²) in [5.74, 6) is -0.387. The highest BCUT2D eigenvalue weighted by Crippen LogP contribution is 2.23. The Labute approximate surface area is 109 Å². The maximum atomic E-state index is 12.0. The number of sulfonamides is 1. The van der Waals surface area contributed by atoms with E-state index in [0.717, 1.165) is 19.3 Å². The van der Waals surface area contributed by atoms with E-state index in [-0.39, 0.29) is 18.1 Å². The summed E-state index contributed by atoms with van der Waals surface area (Å²) in [6.45, 7) is 3.07. The number of hydrogen-bond donors (Lipinski definition) is 1. The van der Waals surface area contributed by atoms with Gasteiger partial charge in [0, 0.05) is 19.5 Å². The number of piperidine rings is 1. The molecule has 0 aromatic rings. The molecule has 0 aromatic heterocycles. The van der Waals surface area contributed by atoms with Crippen LogP contribution >= 0.6 is 0 Å². The number of hydrogen-bond acceptors (Lipinski definition) is 3. The Morgan fingerprint density at radius 3 is 2.78 bits per heavy atom. The van der Waals surface area contributed by atoms with E-state index >= 15 is 0 Å². The van der Waals surface area contributed by atoms with E-state index in [1.165, 1.54) is 0 Å². The van der Waals surface area contributed by atoms with Crippen molar-refractivity contribution >= 4 is 16.0 Å². The highest BCUT2D eigenvalue weighted by Gasteiger charge is 2.28. The van der Waals surface area contributed by atoms with Crippen LogP contribution in [-0.2, 0) is 14.8 Å². The van der Waals surface area contributed by atoms with E-state index in [2.05, 4.69) is 0 Å². The molecule has 6 heteroatoms. The molecule has 0 amide bonds. The van der Waals surface area contributed by atoms with E-state index < -0.39 is 16.0 Å². The minimum Gasteiger partial charge on any atom is -0.481 e. The molecule has 1 atom stereocenters. The van der Waals surface area contributed by atoms with Crippen molar-refractivity contribution in [3.8, 4) is 0 Å². The van der Waals surface area contributed by atoms with Crippen LogP contribution in [0.2, 0.25) is 0 Å². The third kappa shape index (κ3) is 4.94. The summed E-state index contributed by atoms with van der Waals surface area (Å²) in [6.07, 6.45) is 4.06. The fraction of sp³-hybridized carbons (Fsp3) is 0.917. The monoisotopic (exact) mass is 277 g/mol. The van der Waals surface area contributed by atoms with Crippen molar-refractivity contribution in [1.29, 1.82) is 0 Å². The van der Waals surface area contributed by atoms with Gasteiger partial charge in [-0.2, -0.15) is 0 Å². The van der Waals surface area contributed by atoms with Gasteiger partial charge in [-0.25, -0.2) is 12.7 Å². The quantitative estimate of drug-likeness (QED) is 0.768. The summed E-state index contributed by atoms with van der Waals surface area (Å²) >= 11 is 0. The number of carbonyl (C=O) groups is 1. The molecular formula is C12H23NO4S. The van der Waals surface area contributed by atoms with E-state index in [1.807, 2.05) is 6.92 Å². The predicted molar refractivity (Wildman–Crippen MR) is 69.9 cm³/mol. The number of rotatable bonds is 7. The zero-order valence-electron chi connectivity index (χ0n) is 11.0. The van der Waals surface area contributed by atoms with Crippen molar-refractivity contribution in [2.24, 2.45) is 5.92 Å². The molecule has 1 heterocycles. The summed E-state index contributed by atoms with van der Waals surface area (Å²) in [5.41, 5.74) is 0. The summed E-state index contributed by atoms with van der Waals surface area (Å²) in [6, 6.07) is 0. The number of carboxylic acid groups (broad SMARTS) is 1. The van der Waals surface area contributed by atoms with Crippen molar-refractivity contribution in [2.45, 2.75) is 45.4 Å². The van der Waals surface area contributed by atoms with Crippen molar-refractivity contribution in [2.75, 3.05) is 18.8 Å². The lowest BCUT2D eigenvalue weighted by molar-refractivity contribution is -0.137. The number of aliphatic carboxylic acids is 1. The van der Waals surface area contributed by atoms with Crippen LogP contribution in [0.15, 0.2) is 0 Å². The number of unbranched alkanes of at least 4 members (excludes halogenated alkanes) is 1. The maximum Gasteiger partial charge on any atom is 0.303 e. The van der Waals surface area contributed by atoms with Gasteiger partial charge in [0.1, 0.15) is 0 Å². The molecule has 0 aromatic carbocycles. The van der Waals surface area contributed by atoms with Gasteiger partial charge in [0.2, 0.25) is 10.0 Å². The summed E-state index contributed by atoms with van der Waals surface area (Å²) in [4.78, 5) is 10.5. The molecule has 1 rings (SSSR count). The Morgan fingerprint density at radius 2 is 2.17 bits per heavy atom. The van der Waals surface area contributed by atoms with Crippen LogP contribution in [0.3, 0.4) is 0 Å². The molecule has 5 nitrogen and oxygen atoms in total. The first kappa shape index (κ1) is 15.4. The molecule has 1 aliphatic heterocycles. The molecule has 1 unspecified atom stereocenters. The zero-order valence-corrected chi connectivity index (χ0v) is 11.8. The third-order valence-corrected chi connectivity index (χ3v) is 5.32. The number of carboxylic acids is 1. The minimum absolute atomic E-state index is 0.132. The van der Waals surface area contributed by atoms with E-state index in [0.29, 0.717) is 25.9 Å². The van der Waals surface area contributed by atoms with E-state index in [4.69, 9.17) is 5.11 Å². The smallest absolute Gasteiger partial charge is 0.303 e. The van der Waals surface area contributed by atoms with Crippen LogP contribution in [0.25, 0.3) is 0 Å². The highest BCUT2D eigenvalue weighted by molar-refractivity contribution is 7.89. The Bertz CT molecular complexity index is 366. The molecule has 1 aliphatic rings. The van der Waals surface area contributed by atoms with Crippen LogP contribution in [-0.4, -0.2) is 42.6 Å². The van der Waals surface area contributed by atoms with Gasteiger partial charge in [-0.15, -0.1) is 0 Å². The normalized spacial score (nSPS) is 21.9. The largest absolute Gasteiger partial charge is 0.481 e. The fourth-order valence-electron chi connectivity index (χ4n) is 2.30. The van der Waals surface area contributed by atoms with Crippen LogP contribution < -0.4 is 0 Å². The summed E-state index contributed by atoms with van der Waals surface area (Å²) < 4.78 is 25.6. The lowest BCUT2D eigenvalue weighted by Crippen LogP contribution is -2.41. The third-order valence-electron chi connectivity index (χ3n) is 3.40. The Kier molecular flexibility index (Phi) is 6.08. The average Bonchev–Trinajstić information content (AvgIpc) is 2.34. The molecule has 0 radical (unpaired) electrons. The molecule has 0 saturated carbocycles. The van der Waals surface area contributed by atoms with Crippen LogP contribution in [0.4, 0.5) is 0 Å². The first-order valence-electron chi connectivity index (χ1n) is 6.65. The molecule has 0 bridgehead atoms. The van der Waals surface area contributed by atoms with Crippen LogP contribution in [0.1, 0.15) is 45.4 Å². The van der Waals surface area contributed by atoms with Gasteiger partial charge in [-0.1, -0.05) is 13.3 Å². The van der Waals surface area contributed by atoms with E-state index in [1.54, 1.807) is 4.31 Å². The second-order valence-electron chi connectivity index (χ2n) is 4.97. The molecular weight excluding hydrogens is 254 g/mol. The van der Waals surface area contributed by atoms with Crippen molar-refractivity contribution in [3.05, 3.63) is 0 Å². The standard InChI is InChI=1S/C12H23NO4S/c1-2-3-9-18(16,17)13-8-4-5-11(10-13)6-7-12(14)15/h11H,2-10H2,1H3,(H,14,15). The van der Waals surface area contributed by atoms with Gasteiger partial charge < -0.3 is 5.11 Å². The molecule has 1 fully saturated rings. The van der Waals surface area contributed by atoms with Gasteiger partial charge in [0.05, 0.1) is 5.75 Å². The Morgan fingerprint density at radius 1 is 1.44 bits per heavy atom. The first-order valence-corrected chi connectivity index (χ1v) is 8.26. The molecule has 18 heavy (non-hydrogen) atoms. The van der Waals surface area contributed by atoms with Crippen molar-refractivity contribution in [1.82, 2.24) is 4.31 Å². The minimum atomic E-state index is -3.13. The predicted octanol–water partition coefficient (Wildman–Crippen LogP) is 1.69. The lowest BCUT2D eigenvalue weighted by Gasteiger charge is -2.31. The Hall–Kier alpha value is -0.620. The Balaban J connectivity index is 2.49. The molecule has 1 saturated heterocycles. The van der Waals surface area contributed by atoms with Gasteiger partial charge in [-0.05, 0) is 31.6 Å². The summed E-state index contributed by atoms with van der Waals surface area (Å²) in [5, 5.41) is 8.65.